The van der Waals surface area contributed by atoms with Crippen LogP contribution in [0.1, 0.15) is 44.4 Å². The zero-order valence-electron chi connectivity index (χ0n) is 10.4. The fourth-order valence-corrected chi connectivity index (χ4v) is 2.44. The van der Waals surface area contributed by atoms with E-state index in [1.54, 1.807) is 7.11 Å². The van der Waals surface area contributed by atoms with Crippen LogP contribution in [-0.2, 0) is 17.9 Å². The van der Waals surface area contributed by atoms with Gasteiger partial charge in [0.1, 0.15) is 6.61 Å². The van der Waals surface area contributed by atoms with Gasteiger partial charge in [-0.15, -0.1) is 5.10 Å². The summed E-state index contributed by atoms with van der Waals surface area (Å²) < 4.78 is 11.3. The molecule has 5 nitrogen and oxygen atoms in total. The number of hydrogen-bond donors (Lipinski definition) is 0. The van der Waals surface area contributed by atoms with Gasteiger partial charge in [-0.1, -0.05) is 25.7 Å². The first kappa shape index (κ1) is 12.4. The van der Waals surface area contributed by atoms with Gasteiger partial charge < -0.3 is 9.15 Å². The fourth-order valence-electron chi connectivity index (χ4n) is 2.44. The summed E-state index contributed by atoms with van der Waals surface area (Å²) in [7, 11) is 1.56. The summed E-state index contributed by atoms with van der Waals surface area (Å²) in [6.07, 6.45) is 7.56. The number of methoxy groups -OCH3 is 1. The van der Waals surface area contributed by atoms with Gasteiger partial charge in [-0.2, -0.15) is 4.68 Å². The Morgan fingerprint density at radius 1 is 1.35 bits per heavy atom. The molecule has 0 bridgehead atoms. The molecule has 0 aromatic carbocycles. The molecule has 0 amide bonds. The van der Waals surface area contributed by atoms with E-state index in [0.717, 1.165) is 0 Å². The molecule has 0 spiro atoms. The second-order valence-corrected chi connectivity index (χ2v) is 4.73. The molecule has 1 heterocycles. The molecule has 2 rings (SSSR count). The van der Waals surface area contributed by atoms with Crippen LogP contribution in [-0.4, -0.2) is 16.9 Å². The molecule has 0 N–H and O–H groups in total. The van der Waals surface area contributed by atoms with Crippen LogP contribution in [0.2, 0.25) is 0 Å². The van der Waals surface area contributed by atoms with Gasteiger partial charge in [0.2, 0.25) is 5.89 Å². The molecule has 1 aromatic heterocycles. The van der Waals surface area contributed by atoms with Crippen LogP contribution in [0.25, 0.3) is 0 Å². The maximum atomic E-state index is 11.6. The molecule has 1 aliphatic carbocycles. The molecular formula is C12H20N2O3. The number of nitrogens with zero attached hydrogens (tertiary/aromatic N) is 2. The highest BCUT2D eigenvalue weighted by Crippen LogP contribution is 2.23. The Hall–Kier alpha value is -1.10. The Bertz CT molecular complexity index is 389. The zero-order chi connectivity index (χ0) is 12.1. The molecule has 0 unspecified atom stereocenters. The van der Waals surface area contributed by atoms with Crippen LogP contribution in [0.4, 0.5) is 0 Å². The van der Waals surface area contributed by atoms with Crippen molar-refractivity contribution in [2.75, 3.05) is 7.11 Å². The van der Waals surface area contributed by atoms with E-state index in [0.29, 0.717) is 18.4 Å². The van der Waals surface area contributed by atoms with E-state index in [-0.39, 0.29) is 12.4 Å². The normalized spacial score (nSPS) is 18.2. The first-order chi connectivity index (χ1) is 8.29. The number of rotatable bonds is 4. The Morgan fingerprint density at radius 3 is 2.71 bits per heavy atom. The third kappa shape index (κ3) is 3.43. The number of aromatic nitrogens is 2. The van der Waals surface area contributed by atoms with E-state index in [4.69, 9.17) is 9.15 Å². The molecule has 1 aliphatic rings. The largest absolute Gasteiger partial charge is 0.437 e. The van der Waals surface area contributed by atoms with E-state index in [2.05, 4.69) is 5.10 Å². The van der Waals surface area contributed by atoms with Crippen LogP contribution in [0.15, 0.2) is 9.21 Å². The molecule has 0 atom stereocenters. The average molecular weight is 240 g/mol. The molecule has 1 saturated carbocycles. The molecular weight excluding hydrogens is 220 g/mol. The Balaban J connectivity index is 1.99. The SMILES string of the molecule is COCc1nn(CC2CCCCCC2)c(=O)o1. The first-order valence-corrected chi connectivity index (χ1v) is 6.35. The van der Waals surface area contributed by atoms with E-state index >= 15 is 0 Å². The molecule has 17 heavy (non-hydrogen) atoms. The predicted molar refractivity (Wildman–Crippen MR) is 62.7 cm³/mol. The van der Waals surface area contributed by atoms with Crippen molar-refractivity contribution in [3.8, 4) is 0 Å². The van der Waals surface area contributed by atoms with Gasteiger partial charge in [-0.3, -0.25) is 0 Å². The van der Waals surface area contributed by atoms with Crippen LogP contribution in [0.3, 0.4) is 0 Å². The lowest BCUT2D eigenvalue weighted by Crippen LogP contribution is -2.21. The molecule has 96 valence electrons. The summed E-state index contributed by atoms with van der Waals surface area (Å²) in [6, 6.07) is 0. The number of ether oxygens (including phenoxy) is 1. The fraction of sp³-hybridized carbons (Fsp3) is 0.833. The average Bonchev–Trinajstić information content (AvgIpc) is 2.54. The van der Waals surface area contributed by atoms with Crippen LogP contribution in [0, 0.1) is 5.92 Å². The third-order valence-corrected chi connectivity index (χ3v) is 3.32. The monoisotopic (exact) mass is 240 g/mol. The summed E-state index contributed by atoms with van der Waals surface area (Å²) in [4.78, 5) is 11.6. The maximum Gasteiger partial charge on any atom is 0.437 e. The van der Waals surface area contributed by atoms with E-state index in [9.17, 15) is 4.79 Å². The molecule has 1 aromatic rings. The van der Waals surface area contributed by atoms with E-state index in [1.807, 2.05) is 0 Å². The van der Waals surface area contributed by atoms with Crippen molar-refractivity contribution in [3.63, 3.8) is 0 Å². The standard InChI is InChI=1S/C12H20N2O3/c1-16-9-11-13-14(12(15)17-11)8-10-6-4-2-3-5-7-10/h10H,2-9H2,1H3. The van der Waals surface area contributed by atoms with Crippen molar-refractivity contribution in [2.45, 2.75) is 51.7 Å². The Morgan fingerprint density at radius 2 is 2.06 bits per heavy atom. The molecule has 0 aliphatic heterocycles. The highest BCUT2D eigenvalue weighted by Gasteiger charge is 2.16. The van der Waals surface area contributed by atoms with E-state index < -0.39 is 0 Å². The van der Waals surface area contributed by atoms with Crippen LogP contribution in [0.5, 0.6) is 0 Å². The lowest BCUT2D eigenvalue weighted by atomic mass is 10.0. The zero-order valence-corrected chi connectivity index (χ0v) is 10.4. The van der Waals surface area contributed by atoms with Crippen LogP contribution < -0.4 is 5.76 Å². The highest BCUT2D eigenvalue weighted by molar-refractivity contribution is 4.73. The topological polar surface area (TPSA) is 57.3 Å². The first-order valence-electron chi connectivity index (χ1n) is 6.35. The summed E-state index contributed by atoms with van der Waals surface area (Å²) in [5.41, 5.74) is 0. The smallest absolute Gasteiger partial charge is 0.390 e. The lowest BCUT2D eigenvalue weighted by Gasteiger charge is -2.11. The molecule has 5 heteroatoms. The minimum Gasteiger partial charge on any atom is -0.390 e. The number of hydrogen-bond acceptors (Lipinski definition) is 4. The van der Waals surface area contributed by atoms with Gasteiger partial charge in [0.15, 0.2) is 0 Å². The van der Waals surface area contributed by atoms with Crippen molar-refractivity contribution in [3.05, 3.63) is 16.4 Å². The van der Waals surface area contributed by atoms with Crippen LogP contribution >= 0.6 is 0 Å². The quantitative estimate of drug-likeness (QED) is 0.755. The molecule has 0 radical (unpaired) electrons. The van der Waals surface area contributed by atoms with Gasteiger partial charge in [0.25, 0.3) is 0 Å². The van der Waals surface area contributed by atoms with Gasteiger partial charge in [-0.25, -0.2) is 4.79 Å². The summed E-state index contributed by atoms with van der Waals surface area (Å²) >= 11 is 0. The van der Waals surface area contributed by atoms with Crippen molar-refractivity contribution in [1.29, 1.82) is 0 Å². The van der Waals surface area contributed by atoms with Crippen molar-refractivity contribution in [2.24, 2.45) is 5.92 Å². The Kier molecular flexibility index (Phi) is 4.36. The minimum atomic E-state index is -0.360. The van der Waals surface area contributed by atoms with Crippen molar-refractivity contribution >= 4 is 0 Å². The maximum absolute atomic E-state index is 11.6. The Labute approximate surface area is 101 Å². The second-order valence-electron chi connectivity index (χ2n) is 4.73. The second kappa shape index (κ2) is 6.00. The predicted octanol–water partition coefficient (Wildman–Crippen LogP) is 1.95. The summed E-state index contributed by atoms with van der Waals surface area (Å²) in [5.74, 6) is 0.572. The third-order valence-electron chi connectivity index (χ3n) is 3.32. The van der Waals surface area contributed by atoms with E-state index in [1.165, 1.54) is 43.2 Å². The molecule has 0 saturated heterocycles. The van der Waals surface area contributed by atoms with Gasteiger partial charge >= 0.3 is 5.76 Å². The summed E-state index contributed by atoms with van der Waals surface area (Å²) in [5, 5.41) is 4.14. The van der Waals surface area contributed by atoms with Gasteiger partial charge in [-0.05, 0) is 18.8 Å². The lowest BCUT2D eigenvalue weighted by molar-refractivity contribution is 0.158. The summed E-state index contributed by atoms with van der Waals surface area (Å²) in [6.45, 7) is 0.943. The van der Waals surface area contributed by atoms with Crippen molar-refractivity contribution in [1.82, 2.24) is 9.78 Å². The van der Waals surface area contributed by atoms with Gasteiger partial charge in [0.05, 0.1) is 6.54 Å². The minimum absolute atomic E-state index is 0.257. The molecule has 1 fully saturated rings. The van der Waals surface area contributed by atoms with Crippen molar-refractivity contribution < 1.29 is 9.15 Å². The highest BCUT2D eigenvalue weighted by atomic mass is 16.5. The van der Waals surface area contributed by atoms with Gasteiger partial charge in [0, 0.05) is 7.11 Å².